The van der Waals surface area contributed by atoms with E-state index in [0.29, 0.717) is 24.2 Å². The molecule has 3 rings (SSSR count). The molecule has 6 heteroatoms. The van der Waals surface area contributed by atoms with Gasteiger partial charge in [-0.25, -0.2) is 9.59 Å². The lowest BCUT2D eigenvalue weighted by Gasteiger charge is -2.29. The zero-order valence-corrected chi connectivity index (χ0v) is 17.7. The zero-order chi connectivity index (χ0) is 21.5. The topological polar surface area (TPSA) is 79.5 Å². The van der Waals surface area contributed by atoms with Crippen LogP contribution >= 0.6 is 0 Å². The van der Waals surface area contributed by atoms with Gasteiger partial charge in [-0.2, -0.15) is 0 Å². The summed E-state index contributed by atoms with van der Waals surface area (Å²) in [5.74, 6) is -0.403. The molecule has 1 heterocycles. The monoisotopic (exact) mass is 407 g/mol. The Hall–Kier alpha value is -3.12. The molecule has 2 aromatic rings. The summed E-state index contributed by atoms with van der Waals surface area (Å²) in [5, 5.41) is 9.14. The van der Waals surface area contributed by atoms with Crippen LogP contribution in [0, 0.1) is 6.92 Å². The highest BCUT2D eigenvalue weighted by atomic mass is 16.5. The van der Waals surface area contributed by atoms with Crippen LogP contribution < -0.4 is 16.0 Å². The number of esters is 1. The van der Waals surface area contributed by atoms with Gasteiger partial charge in [0, 0.05) is 12.2 Å². The molecule has 158 valence electrons. The molecule has 2 amide bonds. The van der Waals surface area contributed by atoms with E-state index in [1.807, 2.05) is 25.1 Å². The molecule has 0 bridgehead atoms. The first-order valence-electron chi connectivity index (χ1n) is 10.4. The molecule has 0 unspecified atom stereocenters. The van der Waals surface area contributed by atoms with Gasteiger partial charge in [0.25, 0.3) is 0 Å². The van der Waals surface area contributed by atoms with Gasteiger partial charge in [0.1, 0.15) is 0 Å². The first kappa shape index (κ1) is 21.6. The second kappa shape index (κ2) is 10.1. The van der Waals surface area contributed by atoms with Crippen molar-refractivity contribution in [2.24, 2.45) is 0 Å². The summed E-state index contributed by atoms with van der Waals surface area (Å²) in [6.07, 6.45) is 0.602. The summed E-state index contributed by atoms with van der Waals surface area (Å²) in [6, 6.07) is 17.7. The molecule has 6 nitrogen and oxygen atoms in total. The molecule has 0 fully saturated rings. The summed E-state index contributed by atoms with van der Waals surface area (Å²) in [4.78, 5) is 24.8. The minimum Gasteiger partial charge on any atom is -0.463 e. The van der Waals surface area contributed by atoms with Crippen molar-refractivity contribution in [1.29, 1.82) is 0 Å². The van der Waals surface area contributed by atoms with E-state index in [4.69, 9.17) is 4.74 Å². The van der Waals surface area contributed by atoms with E-state index >= 15 is 0 Å². The third kappa shape index (κ3) is 5.07. The van der Waals surface area contributed by atoms with E-state index in [1.165, 1.54) is 5.56 Å². The Labute approximate surface area is 177 Å². The van der Waals surface area contributed by atoms with Crippen LogP contribution in [-0.4, -0.2) is 31.2 Å². The number of carbonyl (C=O) groups excluding carboxylic acids is 2. The third-order valence-corrected chi connectivity index (χ3v) is 5.17. The van der Waals surface area contributed by atoms with Gasteiger partial charge in [-0.3, -0.25) is 0 Å². The Balaban J connectivity index is 1.92. The predicted octanol–water partition coefficient (Wildman–Crippen LogP) is 3.58. The summed E-state index contributed by atoms with van der Waals surface area (Å²) in [6.45, 7) is 6.37. The maximum Gasteiger partial charge on any atom is 0.337 e. The molecule has 1 aliphatic heterocycles. The molecule has 30 heavy (non-hydrogen) atoms. The second-order valence-corrected chi connectivity index (χ2v) is 7.31. The maximum atomic E-state index is 12.6. The lowest BCUT2D eigenvalue weighted by Crippen LogP contribution is -2.52. The van der Waals surface area contributed by atoms with Gasteiger partial charge in [0.05, 0.1) is 24.3 Å². The summed E-state index contributed by atoms with van der Waals surface area (Å²) >= 11 is 0. The molecule has 0 aromatic heterocycles. The second-order valence-electron chi connectivity index (χ2n) is 7.31. The van der Waals surface area contributed by atoms with Gasteiger partial charge in [-0.1, -0.05) is 67.1 Å². The SMILES string of the molecule is CCOC(=O)C1=C(CN[C@@H](c2ccccc2)c2ccc(C)cc2)NC(=O)N[C@H]1CC. The first-order chi connectivity index (χ1) is 14.5. The average molecular weight is 408 g/mol. The number of ether oxygens (including phenoxy) is 1. The molecular weight excluding hydrogens is 378 g/mol. The van der Waals surface area contributed by atoms with Gasteiger partial charge >= 0.3 is 12.0 Å². The molecule has 0 saturated carbocycles. The summed E-state index contributed by atoms with van der Waals surface area (Å²) < 4.78 is 5.25. The molecule has 1 aliphatic rings. The van der Waals surface area contributed by atoms with E-state index < -0.39 is 5.97 Å². The smallest absolute Gasteiger partial charge is 0.337 e. The Bertz CT molecular complexity index is 907. The molecule has 2 aromatic carbocycles. The van der Waals surface area contributed by atoms with E-state index in [9.17, 15) is 9.59 Å². The van der Waals surface area contributed by atoms with Gasteiger partial charge < -0.3 is 20.7 Å². The lowest BCUT2D eigenvalue weighted by molar-refractivity contribution is -0.139. The molecule has 0 spiro atoms. The van der Waals surface area contributed by atoms with Crippen molar-refractivity contribution in [2.45, 2.75) is 39.3 Å². The van der Waals surface area contributed by atoms with Crippen molar-refractivity contribution in [2.75, 3.05) is 13.2 Å². The number of aryl methyl sites for hydroxylation is 1. The Morgan fingerprint density at radius 2 is 1.73 bits per heavy atom. The highest BCUT2D eigenvalue weighted by Gasteiger charge is 2.31. The number of benzene rings is 2. The number of carbonyl (C=O) groups is 2. The number of rotatable bonds is 8. The number of urea groups is 1. The highest BCUT2D eigenvalue weighted by molar-refractivity contribution is 5.94. The predicted molar refractivity (Wildman–Crippen MR) is 117 cm³/mol. The van der Waals surface area contributed by atoms with Crippen LogP contribution in [0.2, 0.25) is 0 Å². The van der Waals surface area contributed by atoms with Crippen LogP contribution in [0.1, 0.15) is 43.0 Å². The van der Waals surface area contributed by atoms with Crippen LogP contribution in [-0.2, 0) is 9.53 Å². The lowest BCUT2D eigenvalue weighted by atomic mass is 9.96. The Morgan fingerprint density at radius 3 is 2.37 bits per heavy atom. The average Bonchev–Trinajstić information content (AvgIpc) is 2.75. The molecule has 2 atom stereocenters. The van der Waals surface area contributed by atoms with Gasteiger partial charge in [-0.15, -0.1) is 0 Å². The quantitative estimate of drug-likeness (QED) is 0.585. The Kier molecular flexibility index (Phi) is 7.25. The largest absolute Gasteiger partial charge is 0.463 e. The van der Waals surface area contributed by atoms with Gasteiger partial charge in [0.2, 0.25) is 0 Å². The van der Waals surface area contributed by atoms with Crippen LogP contribution in [0.5, 0.6) is 0 Å². The van der Waals surface area contributed by atoms with Crippen LogP contribution in [0.15, 0.2) is 65.9 Å². The molecule has 0 radical (unpaired) electrons. The van der Waals surface area contributed by atoms with Crippen LogP contribution in [0.3, 0.4) is 0 Å². The summed E-state index contributed by atoms with van der Waals surface area (Å²) in [5.41, 5.74) is 4.43. The van der Waals surface area contributed by atoms with Crippen molar-refractivity contribution in [1.82, 2.24) is 16.0 Å². The van der Waals surface area contributed by atoms with Crippen molar-refractivity contribution < 1.29 is 14.3 Å². The van der Waals surface area contributed by atoms with Gasteiger partial charge in [0.15, 0.2) is 0 Å². The van der Waals surface area contributed by atoms with Crippen molar-refractivity contribution in [3.63, 3.8) is 0 Å². The molecule has 0 saturated heterocycles. The van der Waals surface area contributed by atoms with E-state index in [-0.39, 0.29) is 24.7 Å². The normalized spacial score (nSPS) is 17.2. The number of amides is 2. The van der Waals surface area contributed by atoms with E-state index in [2.05, 4.69) is 59.3 Å². The summed E-state index contributed by atoms with van der Waals surface area (Å²) in [7, 11) is 0. The molecular formula is C24H29N3O3. The van der Waals surface area contributed by atoms with Crippen molar-refractivity contribution in [3.8, 4) is 0 Å². The van der Waals surface area contributed by atoms with E-state index in [0.717, 1.165) is 11.1 Å². The standard InChI is InChI=1S/C24H29N3O3/c1-4-19-21(23(28)30-5-2)20(27-24(29)26-19)15-25-22(17-9-7-6-8-10-17)18-13-11-16(3)12-14-18/h6-14,19,22,25H,4-5,15H2,1-3H3,(H2,26,27,29)/t19-,22-/m0/s1. The number of hydrogen-bond donors (Lipinski definition) is 3. The highest BCUT2D eigenvalue weighted by Crippen LogP contribution is 2.24. The fourth-order valence-corrected chi connectivity index (χ4v) is 3.64. The number of nitrogens with one attached hydrogen (secondary N) is 3. The third-order valence-electron chi connectivity index (χ3n) is 5.17. The molecule has 0 aliphatic carbocycles. The maximum absolute atomic E-state index is 12.6. The molecule has 3 N–H and O–H groups in total. The fourth-order valence-electron chi connectivity index (χ4n) is 3.64. The fraction of sp³-hybridized carbons (Fsp3) is 0.333. The van der Waals surface area contributed by atoms with Crippen molar-refractivity contribution >= 4 is 12.0 Å². The minimum atomic E-state index is -0.403. The minimum absolute atomic E-state index is 0.0883. The van der Waals surface area contributed by atoms with Gasteiger partial charge in [-0.05, 0) is 31.4 Å². The first-order valence-corrected chi connectivity index (χ1v) is 10.4. The Morgan fingerprint density at radius 1 is 1.07 bits per heavy atom. The van der Waals surface area contributed by atoms with Crippen molar-refractivity contribution in [3.05, 3.63) is 82.6 Å². The van der Waals surface area contributed by atoms with Crippen LogP contribution in [0.25, 0.3) is 0 Å². The number of hydrogen-bond acceptors (Lipinski definition) is 4. The zero-order valence-electron chi connectivity index (χ0n) is 17.7. The van der Waals surface area contributed by atoms with Crippen LogP contribution in [0.4, 0.5) is 4.79 Å². The van der Waals surface area contributed by atoms with E-state index in [1.54, 1.807) is 6.92 Å².